The van der Waals surface area contributed by atoms with E-state index in [4.69, 9.17) is 0 Å². The van der Waals surface area contributed by atoms with E-state index in [0.29, 0.717) is 4.90 Å². The van der Waals surface area contributed by atoms with E-state index in [-0.39, 0.29) is 10.6 Å². The standard InChI is InChI=1S/C11H16N4O2S/c1-12-13-6-8-14(9-7-13)18-11-5-3-2-4-10(11)15(16)17/h2-5,12H,6-9H2,1H3. The summed E-state index contributed by atoms with van der Waals surface area (Å²) in [6, 6.07) is 6.87. The van der Waals surface area contributed by atoms with Crippen molar-refractivity contribution in [3.05, 3.63) is 34.4 Å². The zero-order chi connectivity index (χ0) is 13.0. The summed E-state index contributed by atoms with van der Waals surface area (Å²) < 4.78 is 2.16. The van der Waals surface area contributed by atoms with Gasteiger partial charge in [-0.3, -0.25) is 15.5 Å². The number of piperazine rings is 1. The highest BCUT2D eigenvalue weighted by atomic mass is 32.2. The molecule has 0 aromatic heterocycles. The lowest BCUT2D eigenvalue weighted by atomic mass is 10.3. The summed E-state index contributed by atoms with van der Waals surface area (Å²) in [5.41, 5.74) is 3.29. The second-order valence-electron chi connectivity index (χ2n) is 3.96. The fraction of sp³-hybridized carbons (Fsp3) is 0.455. The molecule has 1 aromatic rings. The van der Waals surface area contributed by atoms with Gasteiger partial charge in [0.25, 0.3) is 5.69 Å². The van der Waals surface area contributed by atoms with E-state index in [0.717, 1.165) is 26.2 Å². The quantitative estimate of drug-likeness (QED) is 0.505. The van der Waals surface area contributed by atoms with Gasteiger partial charge in [0, 0.05) is 32.2 Å². The van der Waals surface area contributed by atoms with Crippen LogP contribution >= 0.6 is 11.9 Å². The van der Waals surface area contributed by atoms with E-state index in [9.17, 15) is 10.1 Å². The minimum Gasteiger partial charge on any atom is -0.258 e. The van der Waals surface area contributed by atoms with Gasteiger partial charge in [-0.25, -0.2) is 9.31 Å². The van der Waals surface area contributed by atoms with Crippen LogP contribution in [0.4, 0.5) is 5.69 Å². The molecule has 98 valence electrons. The van der Waals surface area contributed by atoms with Crippen molar-refractivity contribution in [2.75, 3.05) is 33.2 Å². The maximum Gasteiger partial charge on any atom is 0.284 e. The van der Waals surface area contributed by atoms with Crippen LogP contribution in [0.2, 0.25) is 0 Å². The second kappa shape index (κ2) is 6.14. The number of nitrogens with zero attached hydrogens (tertiary/aromatic N) is 3. The monoisotopic (exact) mass is 268 g/mol. The molecule has 18 heavy (non-hydrogen) atoms. The molecule has 6 nitrogen and oxygen atoms in total. The molecular formula is C11H16N4O2S. The van der Waals surface area contributed by atoms with Crippen LogP contribution in [-0.4, -0.2) is 47.5 Å². The van der Waals surface area contributed by atoms with E-state index >= 15 is 0 Å². The molecule has 7 heteroatoms. The number of hydrogen-bond donors (Lipinski definition) is 1. The Morgan fingerprint density at radius 3 is 2.56 bits per heavy atom. The van der Waals surface area contributed by atoms with E-state index in [2.05, 4.69) is 14.7 Å². The molecule has 1 saturated heterocycles. The largest absolute Gasteiger partial charge is 0.284 e. The first-order valence-electron chi connectivity index (χ1n) is 5.79. The number of hydrogen-bond acceptors (Lipinski definition) is 6. The lowest BCUT2D eigenvalue weighted by Crippen LogP contribution is -2.48. The number of nitrogens with one attached hydrogen (secondary N) is 1. The van der Waals surface area contributed by atoms with Crippen molar-refractivity contribution in [2.24, 2.45) is 0 Å². The Hall–Kier alpha value is -1.15. The molecule has 1 N–H and O–H groups in total. The Bertz CT molecular complexity index is 421. The number of rotatable bonds is 4. The minimum atomic E-state index is -0.327. The number of para-hydroxylation sites is 1. The molecule has 1 aliphatic rings. The van der Waals surface area contributed by atoms with Crippen LogP contribution in [0, 0.1) is 10.1 Å². The average Bonchev–Trinajstić information content (AvgIpc) is 2.40. The number of benzene rings is 1. The molecule has 1 aromatic carbocycles. The van der Waals surface area contributed by atoms with Gasteiger partial charge in [0.1, 0.15) is 4.90 Å². The summed E-state index contributed by atoms with van der Waals surface area (Å²) in [4.78, 5) is 11.3. The maximum atomic E-state index is 10.9. The summed E-state index contributed by atoms with van der Waals surface area (Å²) in [7, 11) is 1.91. The predicted molar refractivity (Wildman–Crippen MR) is 71.2 cm³/mol. The molecule has 0 saturated carbocycles. The lowest BCUT2D eigenvalue weighted by Gasteiger charge is -2.32. The molecule has 0 radical (unpaired) electrons. The van der Waals surface area contributed by atoms with Crippen molar-refractivity contribution in [1.82, 2.24) is 14.7 Å². The topological polar surface area (TPSA) is 61.6 Å². The lowest BCUT2D eigenvalue weighted by molar-refractivity contribution is -0.387. The molecule has 0 aliphatic carbocycles. The van der Waals surface area contributed by atoms with Crippen molar-refractivity contribution in [1.29, 1.82) is 0 Å². The summed E-state index contributed by atoms with van der Waals surface area (Å²) in [6.45, 7) is 3.61. The zero-order valence-electron chi connectivity index (χ0n) is 10.2. The normalized spacial score (nSPS) is 17.8. The van der Waals surface area contributed by atoms with Gasteiger partial charge < -0.3 is 0 Å². The third-order valence-corrected chi connectivity index (χ3v) is 4.01. The SMILES string of the molecule is CNN1CCN(Sc2ccccc2[N+](=O)[O-])CC1. The Morgan fingerprint density at radius 1 is 1.28 bits per heavy atom. The third-order valence-electron chi connectivity index (χ3n) is 2.84. The van der Waals surface area contributed by atoms with Gasteiger partial charge in [-0.2, -0.15) is 0 Å². The number of hydrazine groups is 1. The van der Waals surface area contributed by atoms with Crippen molar-refractivity contribution in [3.63, 3.8) is 0 Å². The maximum absolute atomic E-state index is 10.9. The van der Waals surface area contributed by atoms with Gasteiger partial charge in [-0.05, 0) is 25.1 Å². The molecule has 2 rings (SSSR count). The third kappa shape index (κ3) is 3.20. The van der Waals surface area contributed by atoms with Crippen LogP contribution in [0.3, 0.4) is 0 Å². The number of nitro benzene ring substituents is 1. The van der Waals surface area contributed by atoms with Gasteiger partial charge in [0.2, 0.25) is 0 Å². The summed E-state index contributed by atoms with van der Waals surface area (Å²) in [6.07, 6.45) is 0. The van der Waals surface area contributed by atoms with E-state index in [1.807, 2.05) is 13.1 Å². The second-order valence-corrected chi connectivity index (χ2v) is 5.09. The molecule has 0 spiro atoms. The molecule has 1 aliphatic heterocycles. The Morgan fingerprint density at radius 2 is 1.94 bits per heavy atom. The van der Waals surface area contributed by atoms with Gasteiger partial charge in [-0.15, -0.1) is 0 Å². The summed E-state index contributed by atoms with van der Waals surface area (Å²) in [5.74, 6) is 0. The van der Waals surface area contributed by atoms with E-state index in [1.54, 1.807) is 18.2 Å². The molecular weight excluding hydrogens is 252 g/mol. The summed E-state index contributed by atoms with van der Waals surface area (Å²) >= 11 is 1.47. The van der Waals surface area contributed by atoms with Gasteiger partial charge in [0.15, 0.2) is 0 Å². The molecule has 0 bridgehead atoms. The zero-order valence-corrected chi connectivity index (χ0v) is 11.0. The van der Waals surface area contributed by atoms with Crippen molar-refractivity contribution < 1.29 is 4.92 Å². The van der Waals surface area contributed by atoms with Gasteiger partial charge in [-0.1, -0.05) is 12.1 Å². The average molecular weight is 268 g/mol. The van der Waals surface area contributed by atoms with Crippen LogP contribution in [0.5, 0.6) is 0 Å². The highest BCUT2D eigenvalue weighted by Gasteiger charge is 2.20. The van der Waals surface area contributed by atoms with Crippen LogP contribution in [0.1, 0.15) is 0 Å². The van der Waals surface area contributed by atoms with Crippen LogP contribution in [-0.2, 0) is 0 Å². The number of nitro groups is 1. The first-order chi connectivity index (χ1) is 8.70. The van der Waals surface area contributed by atoms with Gasteiger partial charge in [0.05, 0.1) is 4.92 Å². The van der Waals surface area contributed by atoms with Crippen molar-refractivity contribution in [2.45, 2.75) is 4.90 Å². The molecule has 0 unspecified atom stereocenters. The van der Waals surface area contributed by atoms with Crippen LogP contribution in [0.25, 0.3) is 0 Å². The summed E-state index contributed by atoms with van der Waals surface area (Å²) in [5, 5.41) is 13.1. The molecule has 1 heterocycles. The molecule has 1 fully saturated rings. The fourth-order valence-electron chi connectivity index (χ4n) is 1.83. The Labute approximate surface area is 110 Å². The Balaban J connectivity index is 2.00. The molecule has 0 amide bonds. The highest BCUT2D eigenvalue weighted by Crippen LogP contribution is 2.31. The van der Waals surface area contributed by atoms with Gasteiger partial charge >= 0.3 is 0 Å². The van der Waals surface area contributed by atoms with E-state index in [1.165, 1.54) is 11.9 Å². The first kappa shape index (κ1) is 13.3. The van der Waals surface area contributed by atoms with Crippen molar-refractivity contribution >= 4 is 17.6 Å². The first-order valence-corrected chi connectivity index (χ1v) is 6.56. The van der Waals surface area contributed by atoms with Crippen LogP contribution in [0.15, 0.2) is 29.2 Å². The smallest absolute Gasteiger partial charge is 0.258 e. The highest BCUT2D eigenvalue weighted by molar-refractivity contribution is 7.97. The predicted octanol–water partition coefficient (Wildman–Crippen LogP) is 1.35. The fourth-order valence-corrected chi connectivity index (χ4v) is 2.83. The minimum absolute atomic E-state index is 0.179. The van der Waals surface area contributed by atoms with E-state index < -0.39 is 0 Å². The van der Waals surface area contributed by atoms with Crippen molar-refractivity contribution in [3.8, 4) is 0 Å². The Kier molecular flexibility index (Phi) is 4.54. The molecule has 0 atom stereocenters. The van der Waals surface area contributed by atoms with Crippen LogP contribution < -0.4 is 5.43 Å².